The van der Waals surface area contributed by atoms with E-state index in [-0.39, 0.29) is 17.0 Å². The van der Waals surface area contributed by atoms with Gasteiger partial charge in [0.2, 0.25) is 0 Å². The first-order valence-electron chi connectivity index (χ1n) is 10.3. The largest absolute Gasteiger partial charge is 0.458 e. The summed E-state index contributed by atoms with van der Waals surface area (Å²) in [6.07, 6.45) is 14.6. The van der Waals surface area contributed by atoms with Gasteiger partial charge in [-0.2, -0.15) is 0 Å². The van der Waals surface area contributed by atoms with Gasteiger partial charge in [-0.15, -0.1) is 0 Å². The first-order chi connectivity index (χ1) is 11.1. The average molecular weight is 319 g/mol. The summed E-state index contributed by atoms with van der Waals surface area (Å²) in [6.45, 7) is 4.51. The van der Waals surface area contributed by atoms with Crippen LogP contribution in [-0.2, 0) is 9.53 Å². The maximum Gasteiger partial charge on any atom is 0.312 e. The highest BCUT2D eigenvalue weighted by molar-refractivity contribution is 5.78. The molecule has 130 valence electrons. The lowest BCUT2D eigenvalue weighted by Gasteiger charge is -2.56. The molecule has 0 aromatic heterocycles. The Balaban J connectivity index is 1.54. The van der Waals surface area contributed by atoms with Gasteiger partial charge in [0.15, 0.2) is 0 Å². The van der Waals surface area contributed by atoms with Crippen molar-refractivity contribution < 1.29 is 9.53 Å². The zero-order valence-corrected chi connectivity index (χ0v) is 15.1. The first-order valence-corrected chi connectivity index (χ1v) is 10.3. The number of hydrogen-bond donors (Lipinski definition) is 0. The minimum atomic E-state index is -0.145. The second-order valence-corrected chi connectivity index (χ2v) is 9.36. The molecule has 0 unspecified atom stereocenters. The fourth-order valence-electron chi connectivity index (χ4n) is 7.18. The second-order valence-electron chi connectivity index (χ2n) is 9.36. The van der Waals surface area contributed by atoms with Gasteiger partial charge in [0, 0.05) is 0 Å². The summed E-state index contributed by atoms with van der Waals surface area (Å²) in [6, 6.07) is 0. The van der Waals surface area contributed by atoms with Crippen LogP contribution in [-0.4, -0.2) is 11.6 Å². The molecular weight excluding hydrogens is 284 g/mol. The highest BCUT2D eigenvalue weighted by atomic mass is 16.6. The van der Waals surface area contributed by atoms with E-state index < -0.39 is 0 Å². The van der Waals surface area contributed by atoms with Crippen LogP contribution in [0, 0.1) is 29.1 Å². The minimum absolute atomic E-state index is 0.0906. The van der Waals surface area contributed by atoms with Crippen molar-refractivity contribution in [2.24, 2.45) is 29.1 Å². The molecule has 5 aliphatic carbocycles. The Labute approximate surface area is 141 Å². The zero-order valence-electron chi connectivity index (χ0n) is 15.1. The van der Waals surface area contributed by atoms with Crippen molar-refractivity contribution in [2.45, 2.75) is 96.5 Å². The van der Waals surface area contributed by atoms with Crippen molar-refractivity contribution >= 4 is 5.97 Å². The van der Waals surface area contributed by atoms with E-state index in [2.05, 4.69) is 13.8 Å². The van der Waals surface area contributed by atoms with Gasteiger partial charge < -0.3 is 4.74 Å². The Kier molecular flexibility index (Phi) is 4.01. The lowest BCUT2D eigenvalue weighted by atomic mass is 9.49. The summed E-state index contributed by atoms with van der Waals surface area (Å²) < 4.78 is 6.48. The Bertz CT molecular complexity index is 433. The molecule has 0 heterocycles. The molecule has 2 heteroatoms. The first kappa shape index (κ1) is 16.0. The lowest BCUT2D eigenvalue weighted by molar-refractivity contribution is -0.197. The number of ether oxygens (including phenoxy) is 1. The summed E-state index contributed by atoms with van der Waals surface area (Å²) in [5.41, 5.74) is -0.236. The quantitative estimate of drug-likeness (QED) is 0.640. The summed E-state index contributed by atoms with van der Waals surface area (Å²) in [5, 5.41) is 0. The minimum Gasteiger partial charge on any atom is -0.458 e. The molecule has 2 atom stereocenters. The van der Waals surface area contributed by atoms with E-state index in [4.69, 9.17) is 4.74 Å². The van der Waals surface area contributed by atoms with Crippen LogP contribution >= 0.6 is 0 Å². The molecule has 0 saturated heterocycles. The van der Waals surface area contributed by atoms with Crippen LogP contribution in [0.3, 0.4) is 0 Å². The third-order valence-electron chi connectivity index (χ3n) is 8.01. The van der Waals surface area contributed by atoms with Crippen LogP contribution in [0.25, 0.3) is 0 Å². The highest BCUT2D eigenvalue weighted by Gasteiger charge is 2.57. The summed E-state index contributed by atoms with van der Waals surface area (Å²) in [7, 11) is 0. The van der Waals surface area contributed by atoms with Crippen molar-refractivity contribution in [3.63, 3.8) is 0 Å². The predicted octanol–water partition coefficient (Wildman–Crippen LogP) is 5.50. The number of esters is 1. The SMILES string of the molecule is CC[C@H]1CCCC[C@@]1(CC)OC(=O)C12CC3CC(CC(C3)C1)C2. The van der Waals surface area contributed by atoms with E-state index in [9.17, 15) is 4.79 Å². The Hall–Kier alpha value is -0.530. The second kappa shape index (κ2) is 5.77. The number of rotatable bonds is 4. The van der Waals surface area contributed by atoms with Crippen molar-refractivity contribution in [1.82, 2.24) is 0 Å². The summed E-state index contributed by atoms with van der Waals surface area (Å²) >= 11 is 0. The van der Waals surface area contributed by atoms with Gasteiger partial charge in [-0.3, -0.25) is 4.79 Å². The van der Waals surface area contributed by atoms with E-state index in [1.165, 1.54) is 38.5 Å². The molecule has 0 amide bonds. The van der Waals surface area contributed by atoms with E-state index in [0.717, 1.165) is 56.3 Å². The number of hydrogen-bond acceptors (Lipinski definition) is 2. The van der Waals surface area contributed by atoms with Crippen LogP contribution in [0.5, 0.6) is 0 Å². The molecule has 23 heavy (non-hydrogen) atoms. The van der Waals surface area contributed by atoms with Crippen molar-refractivity contribution in [1.29, 1.82) is 0 Å². The Morgan fingerprint density at radius 3 is 2.13 bits per heavy atom. The topological polar surface area (TPSA) is 26.3 Å². The van der Waals surface area contributed by atoms with E-state index in [1.54, 1.807) is 0 Å². The lowest BCUT2D eigenvalue weighted by Crippen LogP contribution is -2.54. The number of carbonyl (C=O) groups excluding carboxylic acids is 1. The zero-order chi connectivity index (χ0) is 16.1. The van der Waals surface area contributed by atoms with Gasteiger partial charge in [-0.1, -0.05) is 20.3 Å². The summed E-state index contributed by atoms with van der Waals surface area (Å²) in [5.74, 6) is 3.25. The van der Waals surface area contributed by atoms with Crippen LogP contribution in [0.1, 0.15) is 90.9 Å². The fourth-order valence-corrected chi connectivity index (χ4v) is 7.18. The van der Waals surface area contributed by atoms with Crippen molar-refractivity contribution in [3.8, 4) is 0 Å². The normalized spacial score (nSPS) is 48.4. The van der Waals surface area contributed by atoms with Gasteiger partial charge in [-0.25, -0.2) is 0 Å². The van der Waals surface area contributed by atoms with Gasteiger partial charge in [0.1, 0.15) is 5.60 Å². The standard InChI is InChI=1S/C21H34O2/c1-3-18-7-5-6-8-21(18,4-2)23-19(22)20-12-15-9-16(13-20)11-17(10-15)14-20/h15-18H,3-14H2,1-2H3/t15?,16?,17?,18-,20?,21+/m0/s1. The van der Waals surface area contributed by atoms with Crippen molar-refractivity contribution in [3.05, 3.63) is 0 Å². The molecule has 5 aliphatic rings. The summed E-state index contributed by atoms with van der Waals surface area (Å²) in [4.78, 5) is 13.4. The molecule has 0 N–H and O–H groups in total. The molecule has 0 aromatic rings. The Morgan fingerprint density at radius 1 is 1.00 bits per heavy atom. The molecule has 0 aromatic carbocycles. The molecule has 0 radical (unpaired) electrons. The van der Waals surface area contributed by atoms with E-state index >= 15 is 0 Å². The molecule has 5 saturated carbocycles. The molecule has 4 bridgehead atoms. The predicted molar refractivity (Wildman–Crippen MR) is 92.0 cm³/mol. The highest BCUT2D eigenvalue weighted by Crippen LogP contribution is 2.61. The fraction of sp³-hybridized carbons (Fsp3) is 0.952. The van der Waals surface area contributed by atoms with Crippen LogP contribution < -0.4 is 0 Å². The molecular formula is C21H34O2. The Morgan fingerprint density at radius 2 is 1.61 bits per heavy atom. The molecule has 0 aliphatic heterocycles. The maximum atomic E-state index is 13.4. The van der Waals surface area contributed by atoms with Crippen LogP contribution in [0.15, 0.2) is 0 Å². The third kappa shape index (κ3) is 2.55. The van der Waals surface area contributed by atoms with Gasteiger partial charge in [0.05, 0.1) is 5.41 Å². The molecule has 5 fully saturated rings. The molecule has 0 spiro atoms. The van der Waals surface area contributed by atoms with E-state index in [1.807, 2.05) is 0 Å². The molecule has 2 nitrogen and oxygen atoms in total. The van der Waals surface area contributed by atoms with Gasteiger partial charge >= 0.3 is 5.97 Å². The molecule has 5 rings (SSSR count). The van der Waals surface area contributed by atoms with E-state index in [0.29, 0.717) is 5.92 Å². The monoisotopic (exact) mass is 318 g/mol. The number of carbonyl (C=O) groups is 1. The smallest absolute Gasteiger partial charge is 0.312 e. The van der Waals surface area contributed by atoms with Crippen LogP contribution in [0.2, 0.25) is 0 Å². The van der Waals surface area contributed by atoms with Gasteiger partial charge in [-0.05, 0) is 94.3 Å². The van der Waals surface area contributed by atoms with Crippen molar-refractivity contribution in [2.75, 3.05) is 0 Å². The third-order valence-corrected chi connectivity index (χ3v) is 8.01. The van der Waals surface area contributed by atoms with Crippen LogP contribution in [0.4, 0.5) is 0 Å². The average Bonchev–Trinajstić information content (AvgIpc) is 2.54. The van der Waals surface area contributed by atoms with Gasteiger partial charge in [0.25, 0.3) is 0 Å². The maximum absolute atomic E-state index is 13.4.